The first-order valence-electron chi connectivity index (χ1n) is 8.19. The lowest BCUT2D eigenvalue weighted by molar-refractivity contribution is 0.321. The van der Waals surface area contributed by atoms with Crippen LogP contribution in [-0.2, 0) is 19.3 Å². The third-order valence-electron chi connectivity index (χ3n) is 3.91. The fraction of sp³-hybridized carbons (Fsp3) is 0.263. The van der Waals surface area contributed by atoms with E-state index in [-0.39, 0.29) is 10.8 Å². The fourth-order valence-electron chi connectivity index (χ4n) is 2.52. The van der Waals surface area contributed by atoms with Crippen molar-refractivity contribution in [2.24, 2.45) is 0 Å². The number of H-pyrrole nitrogens is 1. The summed E-state index contributed by atoms with van der Waals surface area (Å²) >= 11 is 1.03. The van der Waals surface area contributed by atoms with E-state index in [1.165, 1.54) is 11.1 Å². The molecule has 3 aromatic rings. The summed E-state index contributed by atoms with van der Waals surface area (Å²) in [5.74, 6) is 0.757. The van der Waals surface area contributed by atoms with Crippen molar-refractivity contribution in [3.05, 3.63) is 74.0 Å². The van der Waals surface area contributed by atoms with E-state index in [2.05, 4.69) is 23.0 Å². The van der Waals surface area contributed by atoms with Gasteiger partial charge >= 0.3 is 4.87 Å². The zero-order valence-electron chi connectivity index (χ0n) is 14.0. The Balaban J connectivity index is 1.53. The zero-order chi connectivity index (χ0) is 17.6. The second-order valence-corrected chi connectivity index (χ2v) is 6.83. The highest BCUT2D eigenvalue weighted by molar-refractivity contribution is 7.09. The number of nitrogens with one attached hydrogen (secondary N) is 1. The number of aryl methyl sites for hydroxylation is 1. The molecule has 0 radical (unpaired) electrons. The van der Waals surface area contributed by atoms with Gasteiger partial charge < -0.3 is 9.84 Å². The van der Waals surface area contributed by atoms with Gasteiger partial charge in [-0.05, 0) is 35.2 Å². The molecule has 0 atom stereocenters. The van der Waals surface area contributed by atoms with Crippen LogP contribution in [0.3, 0.4) is 0 Å². The third-order valence-corrected chi connectivity index (χ3v) is 4.78. The second-order valence-electron chi connectivity index (χ2n) is 5.76. The topological polar surface area (TPSA) is 75.2 Å². The van der Waals surface area contributed by atoms with E-state index in [0.29, 0.717) is 17.9 Å². The van der Waals surface area contributed by atoms with Crippen LogP contribution in [0.25, 0.3) is 0 Å². The predicted molar refractivity (Wildman–Crippen MR) is 98.7 cm³/mol. The summed E-state index contributed by atoms with van der Waals surface area (Å²) in [5.41, 5.74) is 3.42. The first-order chi connectivity index (χ1) is 12.1. The first kappa shape index (κ1) is 17.2. The molecule has 2 aromatic heterocycles. The Labute approximate surface area is 150 Å². The van der Waals surface area contributed by atoms with Crippen LogP contribution >= 0.6 is 11.3 Å². The molecular weight excluding hydrogens is 336 g/mol. The van der Waals surface area contributed by atoms with Crippen molar-refractivity contribution in [3.8, 4) is 11.6 Å². The number of rotatable bonds is 7. The van der Waals surface area contributed by atoms with E-state index < -0.39 is 0 Å². The minimum atomic E-state index is -0.242. The molecule has 25 heavy (non-hydrogen) atoms. The minimum absolute atomic E-state index is 0.0433. The van der Waals surface area contributed by atoms with Gasteiger partial charge in [-0.2, -0.15) is 0 Å². The van der Waals surface area contributed by atoms with Crippen LogP contribution in [0.1, 0.15) is 28.5 Å². The molecule has 0 saturated heterocycles. The Hall–Kier alpha value is -2.60. The predicted octanol–water partition coefficient (Wildman–Crippen LogP) is 3.31. The summed E-state index contributed by atoms with van der Waals surface area (Å²) in [7, 11) is 0. The maximum absolute atomic E-state index is 11.2. The second kappa shape index (κ2) is 7.98. The smallest absolute Gasteiger partial charge is 0.307 e. The van der Waals surface area contributed by atoms with Gasteiger partial charge in [0.15, 0.2) is 0 Å². The van der Waals surface area contributed by atoms with Gasteiger partial charge in [0.25, 0.3) is 0 Å². The van der Waals surface area contributed by atoms with Gasteiger partial charge in [0.2, 0.25) is 5.88 Å². The Morgan fingerprint density at radius 1 is 1.16 bits per heavy atom. The van der Waals surface area contributed by atoms with Crippen LogP contribution in [0.4, 0.5) is 0 Å². The molecule has 1 aromatic carbocycles. The average Bonchev–Trinajstić information content (AvgIpc) is 2.94. The molecular formula is C19H20N2O3S. The van der Waals surface area contributed by atoms with Crippen LogP contribution in [0.2, 0.25) is 0 Å². The number of pyridine rings is 1. The summed E-state index contributed by atoms with van der Waals surface area (Å²) in [4.78, 5) is 18.2. The van der Waals surface area contributed by atoms with Gasteiger partial charge in [-0.25, -0.2) is 0 Å². The van der Waals surface area contributed by atoms with Crippen molar-refractivity contribution >= 4 is 11.3 Å². The molecule has 0 bridgehead atoms. The van der Waals surface area contributed by atoms with Crippen molar-refractivity contribution in [1.29, 1.82) is 0 Å². The van der Waals surface area contributed by atoms with Gasteiger partial charge in [0.1, 0.15) is 5.75 Å². The van der Waals surface area contributed by atoms with E-state index in [1.807, 2.05) is 36.7 Å². The van der Waals surface area contributed by atoms with E-state index >= 15 is 0 Å². The van der Waals surface area contributed by atoms with Crippen molar-refractivity contribution in [2.75, 3.05) is 6.61 Å². The van der Waals surface area contributed by atoms with Crippen LogP contribution in [-0.4, -0.2) is 21.7 Å². The zero-order valence-corrected chi connectivity index (χ0v) is 14.8. The summed E-state index contributed by atoms with van der Waals surface area (Å²) in [6, 6.07) is 9.86. The number of aromatic nitrogens is 2. The van der Waals surface area contributed by atoms with Gasteiger partial charge in [-0.3, -0.25) is 14.8 Å². The lowest BCUT2D eigenvalue weighted by atomic mass is 10.1. The van der Waals surface area contributed by atoms with Crippen molar-refractivity contribution in [2.45, 2.75) is 26.2 Å². The number of nitrogens with zero attached hydrogens (tertiary/aromatic N) is 1. The monoisotopic (exact) mass is 356 g/mol. The first-order valence-corrected chi connectivity index (χ1v) is 9.01. The van der Waals surface area contributed by atoms with Gasteiger partial charge in [0, 0.05) is 25.2 Å². The summed E-state index contributed by atoms with van der Waals surface area (Å²) in [6.45, 7) is 2.71. The molecule has 0 spiro atoms. The number of thiazole rings is 1. The Morgan fingerprint density at radius 2 is 1.92 bits per heavy atom. The number of aromatic hydroxyl groups is 1. The molecule has 0 saturated carbocycles. The molecule has 0 fully saturated rings. The molecule has 0 unspecified atom stereocenters. The van der Waals surface area contributed by atoms with Crippen molar-refractivity contribution in [1.82, 2.24) is 9.97 Å². The van der Waals surface area contributed by atoms with Crippen molar-refractivity contribution < 1.29 is 9.84 Å². The van der Waals surface area contributed by atoms with Gasteiger partial charge in [-0.15, -0.1) is 0 Å². The van der Waals surface area contributed by atoms with Crippen LogP contribution in [0, 0.1) is 0 Å². The largest absolute Gasteiger partial charge is 0.494 e. The highest BCUT2D eigenvalue weighted by atomic mass is 32.1. The van der Waals surface area contributed by atoms with Crippen LogP contribution in [0.15, 0.2) is 47.5 Å². The normalized spacial score (nSPS) is 10.8. The summed E-state index contributed by atoms with van der Waals surface area (Å²) in [5, 5.41) is 9.63. The van der Waals surface area contributed by atoms with Crippen molar-refractivity contribution in [3.63, 3.8) is 0 Å². The number of hydrogen-bond acceptors (Lipinski definition) is 5. The molecule has 2 heterocycles. The molecule has 2 N–H and O–H groups in total. The molecule has 6 heteroatoms. The SMILES string of the molecule is CCc1cncc(CCOc2ccc(Cc3sc(=O)[nH]c3O)cc2)c1. The van der Waals surface area contributed by atoms with Gasteiger partial charge in [0.05, 0.1) is 11.5 Å². The highest BCUT2D eigenvalue weighted by Gasteiger charge is 2.07. The lowest BCUT2D eigenvalue weighted by Gasteiger charge is -2.08. The standard InChI is InChI=1S/C19H20N2O3S/c1-2-13-9-15(12-20-11-13)7-8-24-16-5-3-14(4-6-16)10-17-18(22)21-19(23)25-17/h3-6,9,11-12,22H,2,7-8,10H2,1H3,(H,21,23). The Kier molecular flexibility index (Phi) is 5.50. The maximum atomic E-state index is 11.2. The number of hydrogen-bond donors (Lipinski definition) is 2. The fourth-order valence-corrected chi connectivity index (χ4v) is 3.28. The number of aromatic amines is 1. The maximum Gasteiger partial charge on any atom is 0.307 e. The molecule has 130 valence electrons. The molecule has 0 aliphatic rings. The number of ether oxygens (including phenoxy) is 1. The number of benzene rings is 1. The Morgan fingerprint density at radius 3 is 2.60 bits per heavy atom. The average molecular weight is 356 g/mol. The van der Waals surface area contributed by atoms with E-state index in [4.69, 9.17) is 4.74 Å². The summed E-state index contributed by atoms with van der Waals surface area (Å²) < 4.78 is 5.79. The van der Waals surface area contributed by atoms with Gasteiger partial charge in [-0.1, -0.05) is 36.5 Å². The minimum Gasteiger partial charge on any atom is -0.494 e. The van der Waals surface area contributed by atoms with E-state index in [9.17, 15) is 9.90 Å². The summed E-state index contributed by atoms with van der Waals surface area (Å²) in [6.07, 6.45) is 6.08. The van der Waals surface area contributed by atoms with Crippen LogP contribution < -0.4 is 9.61 Å². The third kappa shape index (κ3) is 4.70. The lowest BCUT2D eigenvalue weighted by Crippen LogP contribution is -2.02. The Bertz CT molecular complexity index is 884. The molecule has 0 aliphatic heterocycles. The van der Waals surface area contributed by atoms with E-state index in [0.717, 1.165) is 35.5 Å². The molecule has 0 aliphatic carbocycles. The quantitative estimate of drug-likeness (QED) is 0.681. The molecule has 3 rings (SSSR count). The highest BCUT2D eigenvalue weighted by Crippen LogP contribution is 2.21. The van der Waals surface area contributed by atoms with Crippen LogP contribution in [0.5, 0.6) is 11.6 Å². The molecule has 5 nitrogen and oxygen atoms in total. The molecule has 0 amide bonds. The van der Waals surface area contributed by atoms with E-state index in [1.54, 1.807) is 0 Å².